The molecule has 0 spiro atoms. The molecular weight excluding hydrogens is 264 g/mol. The van der Waals surface area contributed by atoms with Crippen molar-refractivity contribution < 1.29 is 9.53 Å². The van der Waals surface area contributed by atoms with E-state index in [4.69, 9.17) is 16.3 Å². The topological polar surface area (TPSA) is 42.4 Å². The van der Waals surface area contributed by atoms with Gasteiger partial charge in [0, 0.05) is 32.1 Å². The quantitative estimate of drug-likeness (QED) is 0.853. The Bertz CT molecular complexity index is 439. The summed E-state index contributed by atoms with van der Waals surface area (Å²) in [7, 11) is 0. The van der Waals surface area contributed by atoms with Crippen molar-refractivity contribution in [2.75, 3.05) is 19.7 Å². The van der Waals surface area contributed by atoms with Gasteiger partial charge in [0.15, 0.2) is 0 Å². The monoisotopic (exact) mass is 282 g/mol. The van der Waals surface area contributed by atoms with Crippen molar-refractivity contribution in [1.82, 2.24) is 9.88 Å². The van der Waals surface area contributed by atoms with Crippen molar-refractivity contribution in [2.24, 2.45) is 0 Å². The van der Waals surface area contributed by atoms with Crippen molar-refractivity contribution in [3.63, 3.8) is 0 Å². The first-order chi connectivity index (χ1) is 9.20. The van der Waals surface area contributed by atoms with E-state index in [0.29, 0.717) is 17.1 Å². The van der Waals surface area contributed by atoms with Gasteiger partial charge in [-0.25, -0.2) is 0 Å². The molecule has 0 radical (unpaired) electrons. The molecule has 1 atom stereocenters. The van der Waals surface area contributed by atoms with E-state index in [9.17, 15) is 4.79 Å². The van der Waals surface area contributed by atoms with Crippen molar-refractivity contribution in [1.29, 1.82) is 0 Å². The van der Waals surface area contributed by atoms with Gasteiger partial charge in [0.1, 0.15) is 0 Å². The van der Waals surface area contributed by atoms with E-state index in [-0.39, 0.29) is 12.0 Å². The molecule has 1 aliphatic heterocycles. The first-order valence-corrected chi connectivity index (χ1v) is 7.10. The Morgan fingerprint density at radius 2 is 2.42 bits per heavy atom. The number of carbonyl (C=O) groups is 1. The van der Waals surface area contributed by atoms with Gasteiger partial charge in [-0.2, -0.15) is 0 Å². The highest BCUT2D eigenvalue weighted by Crippen LogP contribution is 2.17. The van der Waals surface area contributed by atoms with Crippen LogP contribution in [-0.4, -0.2) is 41.6 Å². The van der Waals surface area contributed by atoms with Crippen LogP contribution in [0.15, 0.2) is 18.5 Å². The Kier molecular flexibility index (Phi) is 5.16. The van der Waals surface area contributed by atoms with Crippen LogP contribution in [0.4, 0.5) is 0 Å². The van der Waals surface area contributed by atoms with Gasteiger partial charge in [-0.1, -0.05) is 18.5 Å². The number of hydrogen-bond acceptors (Lipinski definition) is 3. The van der Waals surface area contributed by atoms with Gasteiger partial charge < -0.3 is 9.64 Å². The zero-order chi connectivity index (χ0) is 13.7. The number of likely N-dealkylation sites (tertiary alicyclic amines) is 1. The molecule has 1 fully saturated rings. The molecule has 2 heterocycles. The molecule has 1 aromatic rings. The summed E-state index contributed by atoms with van der Waals surface area (Å²) < 4.78 is 5.74. The summed E-state index contributed by atoms with van der Waals surface area (Å²) in [6.07, 6.45) is 6.26. The number of carbonyl (C=O) groups excluding carboxylic acids is 1. The minimum atomic E-state index is -0.0141. The third-order valence-electron chi connectivity index (χ3n) is 3.17. The maximum atomic E-state index is 12.3. The molecule has 1 unspecified atom stereocenters. The van der Waals surface area contributed by atoms with Crippen LogP contribution < -0.4 is 0 Å². The molecule has 4 nitrogen and oxygen atoms in total. The summed E-state index contributed by atoms with van der Waals surface area (Å²) in [6.45, 7) is 4.28. The summed E-state index contributed by atoms with van der Waals surface area (Å²) in [5, 5.41) is 0.488. The Balaban J connectivity index is 1.99. The zero-order valence-corrected chi connectivity index (χ0v) is 11.9. The third-order valence-corrected chi connectivity index (χ3v) is 3.38. The Morgan fingerprint density at radius 3 is 3.16 bits per heavy atom. The Labute approximate surface area is 118 Å². The van der Waals surface area contributed by atoms with E-state index < -0.39 is 0 Å². The average Bonchev–Trinajstić information content (AvgIpc) is 2.44. The van der Waals surface area contributed by atoms with E-state index in [1.165, 1.54) is 6.20 Å². The largest absolute Gasteiger partial charge is 0.376 e. The molecule has 19 heavy (non-hydrogen) atoms. The normalized spacial score (nSPS) is 19.5. The lowest BCUT2D eigenvalue weighted by molar-refractivity contribution is 0.00210. The fourth-order valence-corrected chi connectivity index (χ4v) is 2.43. The number of ether oxygens (including phenoxy) is 1. The number of piperidine rings is 1. The minimum absolute atomic E-state index is 0.0141. The summed E-state index contributed by atoms with van der Waals surface area (Å²) in [4.78, 5) is 18.1. The molecular formula is C14H19ClN2O2. The van der Waals surface area contributed by atoms with Crippen LogP contribution in [0.25, 0.3) is 0 Å². The summed E-state index contributed by atoms with van der Waals surface area (Å²) in [5.74, 6) is -0.0141. The van der Waals surface area contributed by atoms with Crippen LogP contribution in [0, 0.1) is 0 Å². The van der Waals surface area contributed by atoms with E-state index in [2.05, 4.69) is 11.9 Å². The molecule has 2 rings (SSSR count). The van der Waals surface area contributed by atoms with Crippen molar-refractivity contribution in [2.45, 2.75) is 32.3 Å². The van der Waals surface area contributed by atoms with Gasteiger partial charge in [-0.05, 0) is 25.3 Å². The second-order valence-electron chi connectivity index (χ2n) is 4.78. The standard InChI is InChI=1S/C14H19ClN2O2/c1-2-6-19-13-4-3-5-17(10-13)14(18)11-7-12(15)9-16-8-11/h7-9,13H,2-6,10H2,1H3. The zero-order valence-electron chi connectivity index (χ0n) is 11.1. The molecule has 5 heteroatoms. The SMILES string of the molecule is CCCOC1CCCN(C(=O)c2cncc(Cl)c2)C1. The van der Waals surface area contributed by atoms with Crippen LogP contribution in [-0.2, 0) is 4.74 Å². The van der Waals surface area contributed by atoms with Crippen LogP contribution in [0.5, 0.6) is 0 Å². The van der Waals surface area contributed by atoms with Gasteiger partial charge in [0.05, 0.1) is 16.7 Å². The first kappa shape index (κ1) is 14.3. The van der Waals surface area contributed by atoms with Crippen molar-refractivity contribution in [3.05, 3.63) is 29.0 Å². The highest BCUT2D eigenvalue weighted by Gasteiger charge is 2.25. The lowest BCUT2D eigenvalue weighted by Crippen LogP contribution is -2.43. The molecule has 1 aliphatic rings. The van der Waals surface area contributed by atoms with Gasteiger partial charge in [0.2, 0.25) is 0 Å². The average molecular weight is 283 g/mol. The van der Waals surface area contributed by atoms with E-state index in [1.54, 1.807) is 12.3 Å². The summed E-state index contributed by atoms with van der Waals surface area (Å²) in [6, 6.07) is 1.66. The molecule has 104 valence electrons. The maximum absolute atomic E-state index is 12.3. The Morgan fingerprint density at radius 1 is 1.58 bits per heavy atom. The number of aromatic nitrogens is 1. The minimum Gasteiger partial charge on any atom is -0.376 e. The fourth-order valence-electron chi connectivity index (χ4n) is 2.25. The predicted molar refractivity (Wildman–Crippen MR) is 74.4 cm³/mol. The van der Waals surface area contributed by atoms with Gasteiger partial charge in [-0.15, -0.1) is 0 Å². The van der Waals surface area contributed by atoms with Crippen molar-refractivity contribution >= 4 is 17.5 Å². The van der Waals surface area contributed by atoms with Crippen molar-refractivity contribution in [3.8, 4) is 0 Å². The molecule has 1 aromatic heterocycles. The van der Waals surface area contributed by atoms with E-state index in [1.807, 2.05) is 4.90 Å². The predicted octanol–water partition coefficient (Wildman–Crippen LogP) is 2.77. The van der Waals surface area contributed by atoms with Gasteiger partial charge >= 0.3 is 0 Å². The lowest BCUT2D eigenvalue weighted by Gasteiger charge is -2.32. The Hall–Kier alpha value is -1.13. The number of pyridine rings is 1. The summed E-state index contributed by atoms with van der Waals surface area (Å²) >= 11 is 5.87. The molecule has 0 bridgehead atoms. The first-order valence-electron chi connectivity index (χ1n) is 6.72. The van der Waals surface area contributed by atoms with E-state index >= 15 is 0 Å². The van der Waals surface area contributed by atoms with Crippen LogP contribution in [0.2, 0.25) is 5.02 Å². The number of hydrogen-bond donors (Lipinski definition) is 0. The fraction of sp³-hybridized carbons (Fsp3) is 0.571. The molecule has 1 amide bonds. The maximum Gasteiger partial charge on any atom is 0.255 e. The number of halogens is 1. The second-order valence-corrected chi connectivity index (χ2v) is 5.21. The third kappa shape index (κ3) is 3.91. The number of amides is 1. The molecule has 0 aromatic carbocycles. The van der Waals surface area contributed by atoms with Crippen LogP contribution >= 0.6 is 11.6 Å². The summed E-state index contributed by atoms with van der Waals surface area (Å²) in [5.41, 5.74) is 0.545. The van der Waals surface area contributed by atoms with Gasteiger partial charge in [0.25, 0.3) is 5.91 Å². The van der Waals surface area contributed by atoms with Crippen LogP contribution in [0.3, 0.4) is 0 Å². The highest BCUT2D eigenvalue weighted by atomic mass is 35.5. The number of rotatable bonds is 4. The molecule has 0 saturated carbocycles. The van der Waals surface area contributed by atoms with Crippen LogP contribution in [0.1, 0.15) is 36.5 Å². The molecule has 0 aliphatic carbocycles. The second kappa shape index (κ2) is 6.87. The lowest BCUT2D eigenvalue weighted by atomic mass is 10.1. The smallest absolute Gasteiger partial charge is 0.255 e. The number of nitrogens with zero attached hydrogens (tertiary/aromatic N) is 2. The molecule has 1 saturated heterocycles. The van der Waals surface area contributed by atoms with Gasteiger partial charge in [-0.3, -0.25) is 9.78 Å². The highest BCUT2D eigenvalue weighted by molar-refractivity contribution is 6.30. The molecule has 0 N–H and O–H groups in total. The van der Waals surface area contributed by atoms with E-state index in [0.717, 1.165) is 32.4 Å².